The van der Waals surface area contributed by atoms with Crippen LogP contribution in [0.4, 0.5) is 5.69 Å². The van der Waals surface area contributed by atoms with Gasteiger partial charge in [0.1, 0.15) is 0 Å². The molecule has 2 aromatic carbocycles. The lowest BCUT2D eigenvalue weighted by molar-refractivity contribution is 1.11. The number of fused-ring (bicyclic) bond motifs is 1. The molecule has 0 aliphatic rings. The average molecular weight is 251 g/mol. The van der Waals surface area contributed by atoms with Crippen LogP contribution in [0, 0.1) is 13.8 Å². The van der Waals surface area contributed by atoms with Gasteiger partial charge in [0.05, 0.1) is 11.7 Å². The highest BCUT2D eigenvalue weighted by molar-refractivity contribution is 5.81. The Morgan fingerprint density at radius 2 is 1.95 bits per heavy atom. The first-order valence-electron chi connectivity index (χ1n) is 6.45. The van der Waals surface area contributed by atoms with Crippen LogP contribution >= 0.6 is 0 Å². The molecule has 2 N–H and O–H groups in total. The number of nitrogens with one attached hydrogen (secondary N) is 2. The van der Waals surface area contributed by atoms with E-state index in [4.69, 9.17) is 0 Å². The van der Waals surface area contributed by atoms with Crippen molar-refractivity contribution < 1.29 is 0 Å². The van der Waals surface area contributed by atoms with Gasteiger partial charge in [0.2, 0.25) is 0 Å². The highest BCUT2D eigenvalue weighted by atomic mass is 15.1. The van der Waals surface area contributed by atoms with Crippen LogP contribution in [0.15, 0.2) is 42.6 Å². The third kappa shape index (κ3) is 2.45. The second-order valence-electron chi connectivity index (χ2n) is 4.94. The number of hydrogen-bond donors (Lipinski definition) is 2. The monoisotopic (exact) mass is 251 g/mol. The number of aryl methyl sites for hydroxylation is 2. The second-order valence-corrected chi connectivity index (χ2v) is 4.94. The number of anilines is 1. The molecule has 96 valence electrons. The Balaban J connectivity index is 1.75. The Labute approximate surface area is 112 Å². The quantitative estimate of drug-likeness (QED) is 0.743. The molecule has 1 aromatic heterocycles. The van der Waals surface area contributed by atoms with Crippen LogP contribution in [0.5, 0.6) is 0 Å². The van der Waals surface area contributed by atoms with E-state index < -0.39 is 0 Å². The summed E-state index contributed by atoms with van der Waals surface area (Å²) in [6.45, 7) is 5.12. The summed E-state index contributed by atoms with van der Waals surface area (Å²) in [6, 6.07) is 12.8. The predicted molar refractivity (Wildman–Crippen MR) is 79.3 cm³/mol. The van der Waals surface area contributed by atoms with Gasteiger partial charge in [-0.05, 0) is 48.7 Å². The topological polar surface area (TPSA) is 40.7 Å². The van der Waals surface area contributed by atoms with Crippen LogP contribution in [0.2, 0.25) is 0 Å². The molecule has 0 saturated carbocycles. The molecule has 0 saturated heterocycles. The Morgan fingerprint density at radius 1 is 1.05 bits per heavy atom. The number of nitrogens with zero attached hydrogens (tertiary/aromatic N) is 1. The SMILES string of the molecule is Cc1ccc(CNc2ccc3cn[nH]c3c2)cc1C. The van der Waals surface area contributed by atoms with E-state index in [9.17, 15) is 0 Å². The molecule has 19 heavy (non-hydrogen) atoms. The number of hydrogen-bond acceptors (Lipinski definition) is 2. The first-order chi connectivity index (χ1) is 9.22. The van der Waals surface area contributed by atoms with E-state index in [0.29, 0.717) is 0 Å². The third-order valence-electron chi connectivity index (χ3n) is 3.51. The zero-order valence-corrected chi connectivity index (χ0v) is 11.2. The van der Waals surface area contributed by atoms with Gasteiger partial charge in [0.25, 0.3) is 0 Å². The minimum atomic E-state index is 0.834. The van der Waals surface area contributed by atoms with Gasteiger partial charge >= 0.3 is 0 Å². The Kier molecular flexibility index (Phi) is 2.95. The molecule has 0 radical (unpaired) electrons. The van der Waals surface area contributed by atoms with E-state index in [-0.39, 0.29) is 0 Å². The van der Waals surface area contributed by atoms with E-state index in [1.165, 1.54) is 16.7 Å². The van der Waals surface area contributed by atoms with E-state index in [0.717, 1.165) is 23.1 Å². The lowest BCUT2D eigenvalue weighted by Gasteiger charge is -2.08. The van der Waals surface area contributed by atoms with Gasteiger partial charge in [-0.15, -0.1) is 0 Å². The second kappa shape index (κ2) is 4.76. The van der Waals surface area contributed by atoms with Gasteiger partial charge < -0.3 is 5.32 Å². The summed E-state index contributed by atoms with van der Waals surface area (Å²) in [6.07, 6.45) is 1.84. The van der Waals surface area contributed by atoms with Gasteiger partial charge in [0, 0.05) is 17.6 Å². The fraction of sp³-hybridized carbons (Fsp3) is 0.188. The van der Waals surface area contributed by atoms with E-state index in [2.05, 4.69) is 65.8 Å². The van der Waals surface area contributed by atoms with Crippen molar-refractivity contribution >= 4 is 16.6 Å². The number of benzene rings is 2. The maximum atomic E-state index is 4.03. The number of rotatable bonds is 3. The van der Waals surface area contributed by atoms with Crippen molar-refractivity contribution in [3.05, 3.63) is 59.3 Å². The summed E-state index contributed by atoms with van der Waals surface area (Å²) in [5.74, 6) is 0. The Morgan fingerprint density at radius 3 is 2.79 bits per heavy atom. The molecule has 3 aromatic rings. The zero-order valence-electron chi connectivity index (χ0n) is 11.2. The highest BCUT2D eigenvalue weighted by Gasteiger charge is 1.99. The molecule has 0 bridgehead atoms. The van der Waals surface area contributed by atoms with Crippen molar-refractivity contribution in [3.63, 3.8) is 0 Å². The summed E-state index contributed by atoms with van der Waals surface area (Å²) in [5, 5.41) is 11.6. The molecule has 3 nitrogen and oxygen atoms in total. The van der Waals surface area contributed by atoms with E-state index in [1.807, 2.05) is 6.20 Å². The van der Waals surface area contributed by atoms with Crippen LogP contribution in [0.25, 0.3) is 10.9 Å². The summed E-state index contributed by atoms with van der Waals surface area (Å²) in [7, 11) is 0. The van der Waals surface area contributed by atoms with Crippen LogP contribution in [0.3, 0.4) is 0 Å². The molecule has 3 rings (SSSR count). The summed E-state index contributed by atoms with van der Waals surface area (Å²) < 4.78 is 0. The van der Waals surface area contributed by atoms with Gasteiger partial charge in [-0.3, -0.25) is 5.10 Å². The molecule has 0 fully saturated rings. The molecule has 1 heterocycles. The minimum absolute atomic E-state index is 0.834. The number of aromatic amines is 1. The van der Waals surface area contributed by atoms with E-state index >= 15 is 0 Å². The number of aromatic nitrogens is 2. The van der Waals surface area contributed by atoms with Gasteiger partial charge in [-0.1, -0.05) is 18.2 Å². The fourth-order valence-corrected chi connectivity index (χ4v) is 2.16. The standard InChI is InChI=1S/C16H17N3/c1-11-3-4-13(7-12(11)2)9-17-15-6-5-14-10-18-19-16(14)8-15/h3-8,10,17H,9H2,1-2H3,(H,18,19). The van der Waals surface area contributed by atoms with Crippen molar-refractivity contribution in [1.82, 2.24) is 10.2 Å². The lowest BCUT2D eigenvalue weighted by atomic mass is 10.1. The largest absolute Gasteiger partial charge is 0.381 e. The maximum Gasteiger partial charge on any atom is 0.0670 e. The normalized spacial score (nSPS) is 10.8. The van der Waals surface area contributed by atoms with Crippen LogP contribution in [-0.4, -0.2) is 10.2 Å². The first kappa shape index (κ1) is 11.8. The average Bonchev–Trinajstić information content (AvgIpc) is 2.87. The lowest BCUT2D eigenvalue weighted by Crippen LogP contribution is -1.99. The van der Waals surface area contributed by atoms with E-state index in [1.54, 1.807) is 0 Å². The van der Waals surface area contributed by atoms with Gasteiger partial charge in [0.15, 0.2) is 0 Å². The summed E-state index contributed by atoms with van der Waals surface area (Å²) in [5.41, 5.74) is 6.14. The molecule has 0 atom stereocenters. The first-order valence-corrected chi connectivity index (χ1v) is 6.45. The maximum absolute atomic E-state index is 4.03. The van der Waals surface area contributed by atoms with Crippen LogP contribution in [0.1, 0.15) is 16.7 Å². The van der Waals surface area contributed by atoms with Crippen molar-refractivity contribution in [2.45, 2.75) is 20.4 Å². The summed E-state index contributed by atoms with van der Waals surface area (Å²) in [4.78, 5) is 0. The molecule has 3 heteroatoms. The third-order valence-corrected chi connectivity index (χ3v) is 3.51. The molecular formula is C16H17N3. The summed E-state index contributed by atoms with van der Waals surface area (Å²) >= 11 is 0. The zero-order chi connectivity index (χ0) is 13.2. The molecular weight excluding hydrogens is 234 g/mol. The van der Waals surface area contributed by atoms with Crippen molar-refractivity contribution in [2.75, 3.05) is 5.32 Å². The fourth-order valence-electron chi connectivity index (χ4n) is 2.16. The van der Waals surface area contributed by atoms with Crippen LogP contribution in [-0.2, 0) is 6.54 Å². The Hall–Kier alpha value is -2.29. The predicted octanol–water partition coefficient (Wildman–Crippen LogP) is 3.79. The van der Waals surface area contributed by atoms with Crippen molar-refractivity contribution in [2.24, 2.45) is 0 Å². The molecule has 0 aliphatic carbocycles. The van der Waals surface area contributed by atoms with Crippen LogP contribution < -0.4 is 5.32 Å². The number of H-pyrrole nitrogens is 1. The smallest absolute Gasteiger partial charge is 0.0670 e. The molecule has 0 aliphatic heterocycles. The van der Waals surface area contributed by atoms with Crippen molar-refractivity contribution in [3.8, 4) is 0 Å². The molecule has 0 spiro atoms. The van der Waals surface area contributed by atoms with Gasteiger partial charge in [-0.25, -0.2) is 0 Å². The Bertz CT molecular complexity index is 713. The van der Waals surface area contributed by atoms with Gasteiger partial charge in [-0.2, -0.15) is 5.10 Å². The van der Waals surface area contributed by atoms with Crippen molar-refractivity contribution in [1.29, 1.82) is 0 Å². The minimum Gasteiger partial charge on any atom is -0.381 e. The highest BCUT2D eigenvalue weighted by Crippen LogP contribution is 2.18. The molecule has 0 amide bonds. The molecule has 0 unspecified atom stereocenters.